The van der Waals surface area contributed by atoms with Gasteiger partial charge in [0.25, 0.3) is 23.6 Å². The average molecular weight is 795 g/mol. The van der Waals surface area contributed by atoms with E-state index in [0.717, 1.165) is 16.2 Å². The van der Waals surface area contributed by atoms with Crippen LogP contribution in [0.4, 0.5) is 0 Å². The molecule has 2 aromatic carbocycles. The van der Waals surface area contributed by atoms with Crippen LogP contribution in [0, 0.1) is 0 Å². The maximum absolute atomic E-state index is 13.3. The van der Waals surface area contributed by atoms with Gasteiger partial charge in [0.05, 0.1) is 46.2 Å². The molecule has 15 nitrogen and oxygen atoms in total. The molecule has 5 aliphatic rings. The van der Waals surface area contributed by atoms with E-state index in [1.165, 1.54) is 12.1 Å². The van der Waals surface area contributed by atoms with Crippen LogP contribution in [0.3, 0.4) is 0 Å². The predicted molar refractivity (Wildman–Crippen MR) is 200 cm³/mol. The van der Waals surface area contributed by atoms with Crippen molar-refractivity contribution in [3.63, 3.8) is 0 Å². The lowest BCUT2D eigenvalue weighted by Crippen LogP contribution is -2.54. The zero-order chi connectivity index (χ0) is 39.4. The largest absolute Gasteiger partial charge is 0.480 e. The Bertz CT molecular complexity index is 1820. The summed E-state index contributed by atoms with van der Waals surface area (Å²) in [6.07, 6.45) is 3.11. The third kappa shape index (κ3) is 8.00. The van der Waals surface area contributed by atoms with Crippen LogP contribution in [-0.2, 0) is 28.7 Å². The summed E-state index contributed by atoms with van der Waals surface area (Å²) in [6.45, 7) is 4.05. The molecule has 3 fully saturated rings. The second kappa shape index (κ2) is 17.4. The van der Waals surface area contributed by atoms with Crippen molar-refractivity contribution >= 4 is 71.0 Å². The molecule has 0 saturated carbocycles. The van der Waals surface area contributed by atoms with E-state index in [1.807, 2.05) is 0 Å². The molecule has 17 heteroatoms. The van der Waals surface area contributed by atoms with Crippen molar-refractivity contribution in [1.82, 2.24) is 20.0 Å². The molecule has 6 atom stereocenters. The van der Waals surface area contributed by atoms with Gasteiger partial charge < -0.3 is 19.5 Å². The van der Waals surface area contributed by atoms with Gasteiger partial charge in [-0.05, 0) is 76.6 Å². The molecule has 55 heavy (non-hydrogen) atoms. The van der Waals surface area contributed by atoms with E-state index < -0.39 is 53.7 Å². The topological polar surface area (TPSA) is 197 Å². The number of carbonyl (C=O) groups excluding carboxylic acids is 7. The Balaban J connectivity index is 0.000000187. The number of carbonyl (C=O) groups is 8. The van der Waals surface area contributed by atoms with Gasteiger partial charge in [-0.3, -0.25) is 43.9 Å². The lowest BCUT2D eigenvalue weighted by atomic mass is 10.1. The van der Waals surface area contributed by atoms with Crippen molar-refractivity contribution in [1.29, 1.82) is 0 Å². The highest BCUT2D eigenvalue weighted by atomic mass is 32.2. The highest BCUT2D eigenvalue weighted by molar-refractivity contribution is 8.00. The van der Waals surface area contributed by atoms with E-state index >= 15 is 0 Å². The quantitative estimate of drug-likeness (QED) is 0.249. The Morgan fingerprint density at radius 2 is 1.36 bits per heavy atom. The molecule has 0 aromatic heterocycles. The molecule has 5 aliphatic heterocycles. The zero-order valence-corrected chi connectivity index (χ0v) is 32.0. The number of carboxylic acids is 1. The number of ether oxygens (including phenoxy) is 2. The van der Waals surface area contributed by atoms with Gasteiger partial charge in [-0.1, -0.05) is 24.3 Å². The van der Waals surface area contributed by atoms with Crippen LogP contribution >= 0.6 is 23.5 Å². The number of imide groups is 2. The van der Waals surface area contributed by atoms with E-state index in [0.29, 0.717) is 54.9 Å². The lowest BCUT2D eigenvalue weighted by molar-refractivity contribution is -0.154. The summed E-state index contributed by atoms with van der Waals surface area (Å²) in [7, 11) is 0. The smallest absolute Gasteiger partial charge is 0.329 e. The third-order valence-corrected chi connectivity index (χ3v) is 12.7. The van der Waals surface area contributed by atoms with E-state index in [1.54, 1.807) is 78.7 Å². The number of hydrogen-bond donors (Lipinski definition) is 2. The highest BCUT2D eigenvalue weighted by Crippen LogP contribution is 2.38. The number of thioether (sulfide) groups is 2. The van der Waals surface area contributed by atoms with Gasteiger partial charge in [-0.25, -0.2) is 9.59 Å². The van der Waals surface area contributed by atoms with Crippen LogP contribution < -0.4 is 5.32 Å². The van der Waals surface area contributed by atoms with E-state index in [9.17, 15) is 43.5 Å². The summed E-state index contributed by atoms with van der Waals surface area (Å²) in [5, 5.41) is 12.6. The Hall–Kier alpha value is -4.74. The van der Waals surface area contributed by atoms with Gasteiger partial charge >= 0.3 is 17.9 Å². The molecule has 5 amide bonds. The number of nitrogens with one attached hydrogen (secondary N) is 1. The van der Waals surface area contributed by atoms with E-state index in [4.69, 9.17) is 9.47 Å². The number of benzene rings is 2. The first-order chi connectivity index (χ1) is 26.5. The molecule has 0 radical (unpaired) electrons. The highest BCUT2D eigenvalue weighted by Gasteiger charge is 2.51. The van der Waals surface area contributed by atoms with Gasteiger partial charge in [0.2, 0.25) is 5.91 Å². The minimum absolute atomic E-state index is 0.00558. The first-order valence-electron chi connectivity index (χ1n) is 18.3. The third-order valence-electron chi connectivity index (χ3n) is 10.0. The minimum Gasteiger partial charge on any atom is -0.480 e. The number of aliphatic carboxylic acids is 1. The number of carboxylic acid groups (broad SMARTS) is 1. The first kappa shape index (κ1) is 39.9. The van der Waals surface area contributed by atoms with Crippen molar-refractivity contribution in [3.8, 4) is 0 Å². The van der Waals surface area contributed by atoms with Crippen molar-refractivity contribution in [2.75, 3.05) is 24.7 Å². The van der Waals surface area contributed by atoms with Crippen LogP contribution in [0.15, 0.2) is 48.5 Å². The van der Waals surface area contributed by atoms with Crippen molar-refractivity contribution in [3.05, 3.63) is 70.8 Å². The van der Waals surface area contributed by atoms with E-state index in [-0.39, 0.29) is 52.8 Å². The Kier molecular flexibility index (Phi) is 12.6. The first-order valence-corrected chi connectivity index (χ1v) is 20.4. The molecule has 0 spiro atoms. The van der Waals surface area contributed by atoms with E-state index in [2.05, 4.69) is 5.32 Å². The van der Waals surface area contributed by atoms with Crippen LogP contribution in [0.1, 0.15) is 93.8 Å². The molecular formula is C38H42N4O11S2. The van der Waals surface area contributed by atoms with Crippen LogP contribution in [0.2, 0.25) is 0 Å². The number of amides is 5. The second-order valence-electron chi connectivity index (χ2n) is 13.4. The molecule has 2 aromatic rings. The van der Waals surface area contributed by atoms with Crippen LogP contribution in [0.25, 0.3) is 0 Å². The average Bonchev–Trinajstić information content (AvgIpc) is 3.92. The molecular weight excluding hydrogens is 753 g/mol. The summed E-state index contributed by atoms with van der Waals surface area (Å²) in [5.74, 6) is -3.18. The second-order valence-corrected chi connectivity index (χ2v) is 15.8. The predicted octanol–water partition coefficient (Wildman–Crippen LogP) is 3.17. The molecule has 0 bridgehead atoms. The molecule has 2 N–H and O–H groups in total. The fourth-order valence-corrected chi connectivity index (χ4v) is 10.1. The van der Waals surface area contributed by atoms with Crippen LogP contribution in [-0.4, -0.2) is 127 Å². The Morgan fingerprint density at radius 3 is 1.93 bits per heavy atom. The minimum atomic E-state index is -1.21. The molecule has 292 valence electrons. The summed E-state index contributed by atoms with van der Waals surface area (Å²) in [4.78, 5) is 103. The summed E-state index contributed by atoms with van der Waals surface area (Å²) in [5.41, 5.74) is 1.13. The summed E-state index contributed by atoms with van der Waals surface area (Å²) in [6, 6.07) is 9.85. The summed E-state index contributed by atoms with van der Waals surface area (Å²) < 4.78 is 10.1. The van der Waals surface area contributed by atoms with Crippen molar-refractivity contribution in [2.24, 2.45) is 0 Å². The fraction of sp³-hybridized carbons (Fsp3) is 0.474. The molecule has 0 aliphatic carbocycles. The summed E-state index contributed by atoms with van der Waals surface area (Å²) >= 11 is 3.14. The van der Waals surface area contributed by atoms with Crippen LogP contribution in [0.5, 0.6) is 0 Å². The normalized spacial score (nSPS) is 24.8. The Labute approximate surface area is 325 Å². The maximum atomic E-state index is 13.3. The Morgan fingerprint density at radius 1 is 0.800 bits per heavy atom. The standard InChI is InChI=1S/C19H22N2O6S.C19H20N2O5S/c1-2-27-19(26)13-10-28-15(20-13)9-5-8-14(18(24)25)21-16(22)11-6-3-4-7-12(11)17(21)23;1-2-26-19(25)14-10-27-15-9-5-8-13(18(24)20(14)15)21-16(22)11-6-3-4-7-12(11)17(21)23/h3-4,6-7,13-15,20H,2,5,8-10H2,1H3,(H,24,25);3-4,6-7,13-15H,2,5,8-10H2,1H3/t13-,14-,15?;13?,14-,15?/m00/s1. The fourth-order valence-electron chi connectivity index (χ4n) is 7.44. The molecule has 7 rings (SSSR count). The van der Waals surface area contributed by atoms with Gasteiger partial charge in [-0.2, -0.15) is 0 Å². The SMILES string of the molecule is CCOC(=O)[C@@H]1CSC(CCC[C@@H](C(=O)O)N2C(=O)c3ccccc3C2=O)N1.CCOC(=O)[C@@H]1CSC2CCCC(N3C(=O)c4ccccc4C3=O)C(=O)N21. The monoisotopic (exact) mass is 794 g/mol. The number of esters is 2. The number of fused-ring (bicyclic) bond motifs is 3. The maximum Gasteiger partial charge on any atom is 0.329 e. The molecule has 3 saturated heterocycles. The van der Waals surface area contributed by atoms with Gasteiger partial charge in [-0.15, -0.1) is 23.5 Å². The van der Waals surface area contributed by atoms with Gasteiger partial charge in [0.15, 0.2) is 0 Å². The van der Waals surface area contributed by atoms with Gasteiger partial charge in [0, 0.05) is 11.5 Å². The molecule has 3 unspecified atom stereocenters. The zero-order valence-electron chi connectivity index (χ0n) is 30.3. The van der Waals surface area contributed by atoms with Crippen molar-refractivity contribution < 1.29 is 52.9 Å². The lowest BCUT2D eigenvalue weighted by Gasteiger charge is -2.31. The van der Waals surface area contributed by atoms with Crippen molar-refractivity contribution in [2.45, 2.75) is 87.3 Å². The number of rotatable bonds is 11. The number of hydrogen-bond acceptors (Lipinski definition) is 13. The number of nitrogens with zero attached hydrogens (tertiary/aromatic N) is 3. The van der Waals surface area contributed by atoms with Gasteiger partial charge in [0.1, 0.15) is 24.2 Å². The molecule has 5 heterocycles.